The van der Waals surface area contributed by atoms with Crippen LogP contribution in [0.3, 0.4) is 0 Å². The molecule has 1 heterocycles. The molecule has 0 aromatic heterocycles. The maximum absolute atomic E-state index is 5.65. The van der Waals surface area contributed by atoms with Crippen molar-refractivity contribution < 1.29 is 0 Å². The van der Waals surface area contributed by atoms with Crippen molar-refractivity contribution in [2.45, 2.75) is 38.8 Å². The standard InChI is InChI=1S/C11H23N3S/c1-4-14-7-5-6-10(14)8-13(3)9(2)11(12)15/h9-10H,4-8H2,1-3H3,(H2,12,15). The molecule has 1 fully saturated rings. The van der Waals surface area contributed by atoms with Crippen LogP contribution in [-0.4, -0.2) is 53.6 Å². The van der Waals surface area contributed by atoms with Crippen molar-refractivity contribution in [2.24, 2.45) is 5.73 Å². The lowest BCUT2D eigenvalue weighted by Gasteiger charge is -2.30. The summed E-state index contributed by atoms with van der Waals surface area (Å²) >= 11 is 5.02. The molecule has 1 aliphatic heterocycles. The Bertz CT molecular complexity index is 220. The van der Waals surface area contributed by atoms with Gasteiger partial charge in [-0.25, -0.2) is 0 Å². The smallest absolute Gasteiger partial charge is 0.0899 e. The number of nitrogens with two attached hydrogens (primary N) is 1. The van der Waals surface area contributed by atoms with Gasteiger partial charge in [-0.1, -0.05) is 19.1 Å². The average Bonchev–Trinajstić information content (AvgIpc) is 2.63. The van der Waals surface area contributed by atoms with E-state index >= 15 is 0 Å². The van der Waals surface area contributed by atoms with E-state index in [0.29, 0.717) is 11.0 Å². The first-order valence-electron chi connectivity index (χ1n) is 5.79. The third kappa shape index (κ3) is 3.40. The molecule has 0 aromatic carbocycles. The van der Waals surface area contributed by atoms with Crippen LogP contribution < -0.4 is 5.73 Å². The number of hydrogen-bond donors (Lipinski definition) is 1. The highest BCUT2D eigenvalue weighted by atomic mass is 32.1. The van der Waals surface area contributed by atoms with Gasteiger partial charge in [-0.2, -0.15) is 0 Å². The van der Waals surface area contributed by atoms with Crippen LogP contribution in [0.1, 0.15) is 26.7 Å². The van der Waals surface area contributed by atoms with Gasteiger partial charge in [0.05, 0.1) is 11.0 Å². The Morgan fingerprint density at radius 1 is 1.67 bits per heavy atom. The molecule has 1 rings (SSSR count). The molecule has 2 N–H and O–H groups in total. The lowest BCUT2D eigenvalue weighted by atomic mass is 10.2. The van der Waals surface area contributed by atoms with E-state index in [1.54, 1.807) is 0 Å². The van der Waals surface area contributed by atoms with Crippen LogP contribution in [0, 0.1) is 0 Å². The normalized spacial score (nSPS) is 24.7. The predicted octanol–water partition coefficient (Wildman–Crippen LogP) is 1.08. The predicted molar refractivity (Wildman–Crippen MR) is 69.1 cm³/mol. The monoisotopic (exact) mass is 229 g/mol. The molecule has 1 saturated heterocycles. The molecule has 1 aliphatic rings. The molecule has 0 aromatic rings. The number of likely N-dealkylation sites (tertiary alicyclic amines) is 1. The molecule has 15 heavy (non-hydrogen) atoms. The maximum Gasteiger partial charge on any atom is 0.0899 e. The van der Waals surface area contributed by atoms with E-state index in [0.717, 1.165) is 13.1 Å². The van der Waals surface area contributed by atoms with Gasteiger partial charge in [-0.3, -0.25) is 9.80 Å². The van der Waals surface area contributed by atoms with Crippen molar-refractivity contribution in [2.75, 3.05) is 26.7 Å². The highest BCUT2D eigenvalue weighted by Gasteiger charge is 2.25. The summed E-state index contributed by atoms with van der Waals surface area (Å²) < 4.78 is 0. The zero-order chi connectivity index (χ0) is 11.4. The van der Waals surface area contributed by atoms with Gasteiger partial charge in [-0.05, 0) is 39.9 Å². The number of likely N-dealkylation sites (N-methyl/N-ethyl adjacent to an activating group) is 2. The Hall–Kier alpha value is -0.190. The Labute approximate surface area is 98.6 Å². The fraction of sp³-hybridized carbons (Fsp3) is 0.909. The molecule has 0 amide bonds. The fourth-order valence-electron chi connectivity index (χ4n) is 2.23. The molecular weight excluding hydrogens is 206 g/mol. The van der Waals surface area contributed by atoms with Crippen molar-refractivity contribution in [3.8, 4) is 0 Å². The fourth-order valence-corrected chi connectivity index (χ4v) is 2.41. The Morgan fingerprint density at radius 3 is 2.87 bits per heavy atom. The molecule has 2 atom stereocenters. The van der Waals surface area contributed by atoms with Gasteiger partial charge in [-0.15, -0.1) is 0 Å². The minimum atomic E-state index is 0.208. The summed E-state index contributed by atoms with van der Waals surface area (Å²) in [6.45, 7) is 7.78. The first-order valence-corrected chi connectivity index (χ1v) is 6.20. The summed E-state index contributed by atoms with van der Waals surface area (Å²) in [5.74, 6) is 0. The van der Waals surface area contributed by atoms with E-state index in [-0.39, 0.29) is 6.04 Å². The second-order valence-electron chi connectivity index (χ2n) is 4.44. The van der Waals surface area contributed by atoms with Gasteiger partial charge in [0.15, 0.2) is 0 Å². The highest BCUT2D eigenvalue weighted by Crippen LogP contribution is 2.17. The highest BCUT2D eigenvalue weighted by molar-refractivity contribution is 7.80. The average molecular weight is 229 g/mol. The van der Waals surface area contributed by atoms with Crippen LogP contribution in [0.4, 0.5) is 0 Å². The zero-order valence-electron chi connectivity index (χ0n) is 10.1. The molecule has 4 heteroatoms. The largest absolute Gasteiger partial charge is 0.392 e. The number of nitrogens with zero attached hydrogens (tertiary/aromatic N) is 2. The molecule has 2 unspecified atom stereocenters. The van der Waals surface area contributed by atoms with Crippen LogP contribution in [0.5, 0.6) is 0 Å². The minimum absolute atomic E-state index is 0.208. The minimum Gasteiger partial charge on any atom is -0.392 e. The van der Waals surface area contributed by atoms with Gasteiger partial charge >= 0.3 is 0 Å². The Kier molecular flexibility index (Phi) is 4.96. The number of rotatable bonds is 5. The molecule has 3 nitrogen and oxygen atoms in total. The molecule has 0 bridgehead atoms. The molecule has 0 saturated carbocycles. The SMILES string of the molecule is CCN1CCCC1CN(C)C(C)C(N)=S. The van der Waals surface area contributed by atoms with Gasteiger partial charge in [0.1, 0.15) is 0 Å². The van der Waals surface area contributed by atoms with Crippen LogP contribution >= 0.6 is 12.2 Å². The van der Waals surface area contributed by atoms with Gasteiger partial charge in [0, 0.05) is 12.6 Å². The zero-order valence-corrected chi connectivity index (χ0v) is 10.9. The summed E-state index contributed by atoms with van der Waals surface area (Å²) in [7, 11) is 2.11. The van der Waals surface area contributed by atoms with Crippen molar-refractivity contribution >= 4 is 17.2 Å². The topological polar surface area (TPSA) is 32.5 Å². The van der Waals surface area contributed by atoms with Crippen molar-refractivity contribution in [1.82, 2.24) is 9.80 Å². The van der Waals surface area contributed by atoms with Gasteiger partial charge < -0.3 is 5.73 Å². The van der Waals surface area contributed by atoms with Crippen molar-refractivity contribution in [1.29, 1.82) is 0 Å². The second kappa shape index (κ2) is 5.77. The van der Waals surface area contributed by atoms with Crippen LogP contribution in [0.2, 0.25) is 0 Å². The summed E-state index contributed by atoms with van der Waals surface area (Å²) in [4.78, 5) is 5.41. The maximum atomic E-state index is 5.65. The van der Waals surface area contributed by atoms with E-state index in [9.17, 15) is 0 Å². The van der Waals surface area contributed by atoms with E-state index < -0.39 is 0 Å². The number of hydrogen-bond acceptors (Lipinski definition) is 3. The van der Waals surface area contributed by atoms with E-state index in [4.69, 9.17) is 18.0 Å². The lowest BCUT2D eigenvalue weighted by molar-refractivity contribution is 0.190. The first kappa shape index (κ1) is 12.9. The van der Waals surface area contributed by atoms with Crippen LogP contribution in [0.25, 0.3) is 0 Å². The molecule has 0 spiro atoms. The quantitative estimate of drug-likeness (QED) is 0.715. The molecule has 88 valence electrons. The first-order chi connectivity index (χ1) is 7.06. The molecule has 0 radical (unpaired) electrons. The van der Waals surface area contributed by atoms with Crippen molar-refractivity contribution in [3.63, 3.8) is 0 Å². The van der Waals surface area contributed by atoms with Crippen LogP contribution in [0.15, 0.2) is 0 Å². The molecule has 0 aliphatic carbocycles. The third-order valence-corrected chi connectivity index (χ3v) is 3.82. The van der Waals surface area contributed by atoms with Gasteiger partial charge in [0.25, 0.3) is 0 Å². The molecular formula is C11H23N3S. The van der Waals surface area contributed by atoms with E-state index in [1.807, 2.05) is 0 Å². The summed E-state index contributed by atoms with van der Waals surface area (Å²) in [5.41, 5.74) is 5.65. The van der Waals surface area contributed by atoms with E-state index in [1.165, 1.54) is 19.4 Å². The summed E-state index contributed by atoms with van der Waals surface area (Å²) in [5, 5.41) is 0. The third-order valence-electron chi connectivity index (χ3n) is 3.48. The van der Waals surface area contributed by atoms with Crippen LogP contribution in [-0.2, 0) is 0 Å². The Morgan fingerprint density at radius 2 is 2.33 bits per heavy atom. The van der Waals surface area contributed by atoms with Gasteiger partial charge in [0.2, 0.25) is 0 Å². The second-order valence-corrected chi connectivity index (χ2v) is 4.91. The van der Waals surface area contributed by atoms with E-state index in [2.05, 4.69) is 30.7 Å². The Balaban J connectivity index is 2.43. The number of thiocarbonyl (C=S) groups is 1. The lowest BCUT2D eigenvalue weighted by Crippen LogP contribution is -2.46. The van der Waals surface area contributed by atoms with Crippen molar-refractivity contribution in [3.05, 3.63) is 0 Å². The summed E-state index contributed by atoms with van der Waals surface area (Å²) in [6.07, 6.45) is 2.63. The summed E-state index contributed by atoms with van der Waals surface area (Å²) in [6, 6.07) is 0.899.